The van der Waals surface area contributed by atoms with Crippen molar-refractivity contribution in [3.63, 3.8) is 0 Å². The van der Waals surface area contributed by atoms with Gasteiger partial charge in [0.15, 0.2) is 0 Å². The molecule has 17 heavy (non-hydrogen) atoms. The Labute approximate surface area is 107 Å². The Balaban J connectivity index is 0.00000144. The molecule has 1 aromatic rings. The van der Waals surface area contributed by atoms with E-state index < -0.39 is 0 Å². The molecule has 1 aliphatic rings. The maximum atomic E-state index is 11.8. The zero-order chi connectivity index (χ0) is 11.4. The van der Waals surface area contributed by atoms with Crippen molar-refractivity contribution in [2.24, 2.45) is 5.73 Å². The SMILES string of the molecule is Cl.NCCC(=O)N1CCOc2ccccc2C1. The van der Waals surface area contributed by atoms with Crippen LogP contribution in [0.15, 0.2) is 24.3 Å². The van der Waals surface area contributed by atoms with Crippen LogP contribution in [0.3, 0.4) is 0 Å². The fraction of sp³-hybridized carbons (Fsp3) is 0.417. The molecule has 1 amide bonds. The second kappa shape index (κ2) is 6.47. The summed E-state index contributed by atoms with van der Waals surface area (Å²) in [5.41, 5.74) is 6.45. The number of fused-ring (bicyclic) bond motifs is 1. The number of amides is 1. The highest BCUT2D eigenvalue weighted by Gasteiger charge is 2.18. The summed E-state index contributed by atoms with van der Waals surface area (Å²) in [4.78, 5) is 13.6. The first kappa shape index (κ1) is 13.8. The molecule has 0 aliphatic carbocycles. The van der Waals surface area contributed by atoms with Crippen LogP contribution < -0.4 is 10.5 Å². The molecule has 94 valence electrons. The number of carbonyl (C=O) groups is 1. The molecular formula is C12H17ClN2O2. The molecule has 0 saturated heterocycles. The maximum Gasteiger partial charge on any atom is 0.224 e. The fourth-order valence-electron chi connectivity index (χ4n) is 1.82. The molecule has 1 aromatic carbocycles. The lowest BCUT2D eigenvalue weighted by Crippen LogP contribution is -2.33. The fourth-order valence-corrected chi connectivity index (χ4v) is 1.82. The molecule has 0 spiro atoms. The van der Waals surface area contributed by atoms with Crippen molar-refractivity contribution >= 4 is 18.3 Å². The topological polar surface area (TPSA) is 55.6 Å². The number of hydrogen-bond donors (Lipinski definition) is 1. The van der Waals surface area contributed by atoms with Crippen LogP contribution in [0, 0.1) is 0 Å². The van der Waals surface area contributed by atoms with Crippen molar-refractivity contribution in [3.8, 4) is 5.75 Å². The van der Waals surface area contributed by atoms with Gasteiger partial charge in [0, 0.05) is 25.1 Å². The predicted octanol–water partition coefficient (Wildman–Crippen LogP) is 1.18. The van der Waals surface area contributed by atoms with E-state index in [1.54, 1.807) is 4.90 Å². The number of hydrogen-bond acceptors (Lipinski definition) is 3. The van der Waals surface area contributed by atoms with Gasteiger partial charge in [-0.15, -0.1) is 12.4 Å². The maximum absolute atomic E-state index is 11.8. The Morgan fingerprint density at radius 1 is 1.41 bits per heavy atom. The van der Waals surface area contributed by atoms with Crippen LogP contribution in [0.25, 0.3) is 0 Å². The number of nitrogens with two attached hydrogens (primary N) is 1. The summed E-state index contributed by atoms with van der Waals surface area (Å²) >= 11 is 0. The van der Waals surface area contributed by atoms with Crippen molar-refractivity contribution in [3.05, 3.63) is 29.8 Å². The molecule has 0 atom stereocenters. The standard InChI is InChI=1S/C12H16N2O2.ClH/c13-6-5-12(15)14-7-8-16-11-4-2-1-3-10(11)9-14;/h1-4H,5-9,13H2;1H. The molecule has 5 heteroatoms. The Morgan fingerprint density at radius 3 is 2.94 bits per heavy atom. The van der Waals surface area contributed by atoms with Crippen molar-refractivity contribution in [1.82, 2.24) is 4.90 Å². The van der Waals surface area contributed by atoms with Gasteiger partial charge in [-0.1, -0.05) is 18.2 Å². The van der Waals surface area contributed by atoms with Crippen molar-refractivity contribution in [1.29, 1.82) is 0 Å². The summed E-state index contributed by atoms with van der Waals surface area (Å²) < 4.78 is 5.58. The molecule has 0 unspecified atom stereocenters. The molecule has 2 N–H and O–H groups in total. The Bertz CT molecular complexity index is 385. The van der Waals surface area contributed by atoms with Gasteiger partial charge in [-0.2, -0.15) is 0 Å². The van der Waals surface area contributed by atoms with E-state index in [0.717, 1.165) is 11.3 Å². The monoisotopic (exact) mass is 256 g/mol. The van der Waals surface area contributed by atoms with E-state index in [0.29, 0.717) is 32.7 Å². The second-order valence-corrected chi connectivity index (χ2v) is 3.81. The van der Waals surface area contributed by atoms with Crippen molar-refractivity contribution in [2.75, 3.05) is 19.7 Å². The van der Waals surface area contributed by atoms with Crippen molar-refractivity contribution < 1.29 is 9.53 Å². The van der Waals surface area contributed by atoms with Gasteiger partial charge in [-0.25, -0.2) is 0 Å². The lowest BCUT2D eigenvalue weighted by atomic mass is 10.2. The third-order valence-electron chi connectivity index (χ3n) is 2.66. The number of carbonyl (C=O) groups excluding carboxylic acids is 1. The zero-order valence-corrected chi connectivity index (χ0v) is 10.4. The van der Waals surface area contributed by atoms with Gasteiger partial charge in [0.1, 0.15) is 12.4 Å². The number of nitrogens with zero attached hydrogens (tertiary/aromatic N) is 1. The van der Waals surface area contributed by atoms with Gasteiger partial charge < -0.3 is 15.4 Å². The molecule has 0 saturated carbocycles. The van der Waals surface area contributed by atoms with Gasteiger partial charge in [-0.05, 0) is 6.07 Å². The van der Waals surface area contributed by atoms with Crippen LogP contribution in [0.2, 0.25) is 0 Å². The quantitative estimate of drug-likeness (QED) is 0.865. The zero-order valence-electron chi connectivity index (χ0n) is 9.59. The lowest BCUT2D eigenvalue weighted by molar-refractivity contribution is -0.131. The third-order valence-corrected chi connectivity index (χ3v) is 2.66. The number of halogens is 1. The van der Waals surface area contributed by atoms with Crippen molar-refractivity contribution in [2.45, 2.75) is 13.0 Å². The summed E-state index contributed by atoms with van der Waals surface area (Å²) in [5.74, 6) is 0.980. The molecule has 1 aliphatic heterocycles. The summed E-state index contributed by atoms with van der Waals surface area (Å²) in [6.07, 6.45) is 0.405. The summed E-state index contributed by atoms with van der Waals surface area (Å²) in [5, 5.41) is 0. The minimum absolute atomic E-state index is 0. The molecule has 2 rings (SSSR count). The first-order valence-corrected chi connectivity index (χ1v) is 5.50. The smallest absolute Gasteiger partial charge is 0.224 e. The highest BCUT2D eigenvalue weighted by atomic mass is 35.5. The highest BCUT2D eigenvalue weighted by Crippen LogP contribution is 2.22. The molecule has 0 radical (unpaired) electrons. The minimum atomic E-state index is 0. The molecular weight excluding hydrogens is 240 g/mol. The number of para-hydroxylation sites is 1. The number of benzene rings is 1. The van der Waals surface area contributed by atoms with E-state index in [1.165, 1.54) is 0 Å². The molecule has 4 nitrogen and oxygen atoms in total. The van der Waals surface area contributed by atoms with Crippen LogP contribution in [0.5, 0.6) is 5.75 Å². The largest absolute Gasteiger partial charge is 0.491 e. The Kier molecular flexibility index (Phi) is 5.25. The van der Waals surface area contributed by atoms with E-state index in [1.807, 2.05) is 24.3 Å². The first-order valence-electron chi connectivity index (χ1n) is 5.50. The second-order valence-electron chi connectivity index (χ2n) is 3.81. The van der Waals surface area contributed by atoms with Gasteiger partial charge in [0.25, 0.3) is 0 Å². The average molecular weight is 257 g/mol. The van der Waals surface area contributed by atoms with E-state index in [-0.39, 0.29) is 18.3 Å². The molecule has 0 bridgehead atoms. The van der Waals surface area contributed by atoms with Gasteiger partial charge in [-0.3, -0.25) is 4.79 Å². The molecule has 0 fully saturated rings. The lowest BCUT2D eigenvalue weighted by Gasteiger charge is -2.19. The predicted molar refractivity (Wildman–Crippen MR) is 68.3 cm³/mol. The number of ether oxygens (including phenoxy) is 1. The third kappa shape index (κ3) is 3.35. The molecule has 1 heterocycles. The van der Waals surface area contributed by atoms with E-state index >= 15 is 0 Å². The van der Waals surface area contributed by atoms with Crippen LogP contribution >= 0.6 is 12.4 Å². The minimum Gasteiger partial charge on any atom is -0.491 e. The number of rotatable bonds is 2. The Hall–Kier alpha value is -1.26. The van der Waals surface area contributed by atoms with Gasteiger partial charge in [0.05, 0.1) is 6.54 Å². The molecule has 0 aromatic heterocycles. The summed E-state index contributed by atoms with van der Waals surface area (Å²) in [6.45, 7) is 2.20. The normalized spacial score (nSPS) is 14.1. The Morgan fingerprint density at radius 2 is 2.18 bits per heavy atom. The highest BCUT2D eigenvalue weighted by molar-refractivity contribution is 5.85. The van der Waals surface area contributed by atoms with Crippen LogP contribution in [0.1, 0.15) is 12.0 Å². The summed E-state index contributed by atoms with van der Waals surface area (Å²) in [6, 6.07) is 7.82. The van der Waals surface area contributed by atoms with Gasteiger partial charge in [0.2, 0.25) is 5.91 Å². The van der Waals surface area contributed by atoms with Crippen LogP contribution in [-0.4, -0.2) is 30.5 Å². The van der Waals surface area contributed by atoms with E-state index in [4.69, 9.17) is 10.5 Å². The summed E-state index contributed by atoms with van der Waals surface area (Å²) in [7, 11) is 0. The van der Waals surface area contributed by atoms with Crippen LogP contribution in [0.4, 0.5) is 0 Å². The first-order chi connectivity index (χ1) is 7.81. The van der Waals surface area contributed by atoms with E-state index in [2.05, 4.69) is 0 Å². The average Bonchev–Trinajstić information content (AvgIpc) is 2.51. The van der Waals surface area contributed by atoms with Gasteiger partial charge >= 0.3 is 0 Å². The van der Waals surface area contributed by atoms with Crippen LogP contribution in [-0.2, 0) is 11.3 Å². The van der Waals surface area contributed by atoms with E-state index in [9.17, 15) is 4.79 Å².